The number of nitrogens with one attached hydrogen (secondary N) is 2. The Morgan fingerprint density at radius 1 is 1.52 bits per heavy atom. The van der Waals surface area contributed by atoms with Gasteiger partial charge in [-0.1, -0.05) is 25.4 Å². The number of halogens is 2. The molecule has 1 unspecified atom stereocenters. The van der Waals surface area contributed by atoms with Crippen LogP contribution in [0.5, 0.6) is 5.75 Å². The van der Waals surface area contributed by atoms with Crippen molar-refractivity contribution in [2.45, 2.75) is 20.3 Å². The zero-order valence-corrected chi connectivity index (χ0v) is 13.9. The molecule has 0 radical (unpaired) electrons. The van der Waals surface area contributed by atoms with E-state index in [4.69, 9.17) is 16.3 Å². The van der Waals surface area contributed by atoms with Crippen molar-refractivity contribution in [1.82, 2.24) is 5.32 Å². The van der Waals surface area contributed by atoms with Crippen molar-refractivity contribution >= 4 is 35.6 Å². The van der Waals surface area contributed by atoms with Crippen LogP contribution in [-0.2, 0) is 4.79 Å². The number of hydrogen-bond acceptors (Lipinski definition) is 3. The standard InChI is InChI=1S/C15H21ClN2O2.ClH/c1-3-6-20-14-5-4-12(7-13(14)16)18-15(19)10(2)11-8-17-9-11;/h4-5,7,10-11,17H,3,6,8-9H2,1-2H3,(H,18,19);1H. The van der Waals surface area contributed by atoms with E-state index in [1.165, 1.54) is 0 Å². The van der Waals surface area contributed by atoms with Gasteiger partial charge in [-0.2, -0.15) is 0 Å². The van der Waals surface area contributed by atoms with E-state index in [1.807, 2.05) is 19.9 Å². The monoisotopic (exact) mass is 332 g/mol. The minimum atomic E-state index is 0. The van der Waals surface area contributed by atoms with Gasteiger partial charge < -0.3 is 15.4 Å². The minimum absolute atomic E-state index is 0. The quantitative estimate of drug-likeness (QED) is 0.839. The number of rotatable bonds is 6. The first-order valence-electron chi connectivity index (χ1n) is 7.05. The van der Waals surface area contributed by atoms with E-state index in [2.05, 4.69) is 10.6 Å². The van der Waals surface area contributed by atoms with Crippen LogP contribution in [0.25, 0.3) is 0 Å². The zero-order chi connectivity index (χ0) is 14.5. The topological polar surface area (TPSA) is 50.4 Å². The third-order valence-corrected chi connectivity index (χ3v) is 3.89. The summed E-state index contributed by atoms with van der Waals surface area (Å²) in [5, 5.41) is 6.61. The maximum Gasteiger partial charge on any atom is 0.227 e. The highest BCUT2D eigenvalue weighted by atomic mass is 35.5. The Bertz CT molecular complexity index is 479. The first-order valence-corrected chi connectivity index (χ1v) is 7.43. The molecule has 1 aromatic rings. The van der Waals surface area contributed by atoms with E-state index >= 15 is 0 Å². The summed E-state index contributed by atoms with van der Waals surface area (Å²) in [7, 11) is 0. The largest absolute Gasteiger partial charge is 0.492 e. The molecule has 21 heavy (non-hydrogen) atoms. The second-order valence-corrected chi connectivity index (χ2v) is 5.60. The molecule has 4 nitrogen and oxygen atoms in total. The van der Waals surface area contributed by atoms with Gasteiger partial charge in [0.2, 0.25) is 5.91 Å². The molecule has 0 bridgehead atoms. The summed E-state index contributed by atoms with van der Waals surface area (Å²) >= 11 is 6.14. The molecule has 118 valence electrons. The van der Waals surface area contributed by atoms with Crippen molar-refractivity contribution in [3.05, 3.63) is 23.2 Å². The van der Waals surface area contributed by atoms with Crippen LogP contribution in [0.2, 0.25) is 5.02 Å². The number of hydrogen-bond donors (Lipinski definition) is 2. The van der Waals surface area contributed by atoms with Gasteiger partial charge in [-0.25, -0.2) is 0 Å². The van der Waals surface area contributed by atoms with Crippen LogP contribution in [0.4, 0.5) is 5.69 Å². The molecule has 0 saturated carbocycles. The van der Waals surface area contributed by atoms with E-state index in [0.717, 1.165) is 19.5 Å². The molecule has 0 aliphatic carbocycles. The molecule has 1 aliphatic rings. The van der Waals surface area contributed by atoms with E-state index in [0.29, 0.717) is 29.0 Å². The summed E-state index contributed by atoms with van der Waals surface area (Å²) < 4.78 is 5.51. The van der Waals surface area contributed by atoms with Gasteiger partial charge in [0.05, 0.1) is 11.6 Å². The fourth-order valence-electron chi connectivity index (χ4n) is 2.04. The first-order chi connectivity index (χ1) is 9.61. The van der Waals surface area contributed by atoms with Gasteiger partial charge >= 0.3 is 0 Å². The number of carbonyl (C=O) groups excluding carboxylic acids is 1. The van der Waals surface area contributed by atoms with E-state index in [1.54, 1.807) is 12.1 Å². The predicted octanol–water partition coefficient (Wildman–Crippen LogP) is 3.34. The SMILES string of the molecule is CCCOc1ccc(NC(=O)C(C)C2CNC2)cc1Cl.Cl. The molecule has 1 amide bonds. The Morgan fingerprint density at radius 2 is 2.24 bits per heavy atom. The highest BCUT2D eigenvalue weighted by Crippen LogP contribution is 2.28. The van der Waals surface area contributed by atoms with Crippen LogP contribution in [0.1, 0.15) is 20.3 Å². The molecule has 2 N–H and O–H groups in total. The number of anilines is 1. The number of amides is 1. The van der Waals surface area contributed by atoms with Crippen molar-refractivity contribution in [1.29, 1.82) is 0 Å². The van der Waals surface area contributed by atoms with Gasteiger partial charge in [0, 0.05) is 11.6 Å². The average molecular weight is 333 g/mol. The Morgan fingerprint density at radius 3 is 2.76 bits per heavy atom. The maximum absolute atomic E-state index is 12.1. The molecular weight excluding hydrogens is 311 g/mol. The third-order valence-electron chi connectivity index (χ3n) is 3.59. The molecular formula is C15H22Cl2N2O2. The molecule has 6 heteroatoms. The summed E-state index contributed by atoms with van der Waals surface area (Å²) in [5.74, 6) is 1.13. The van der Waals surface area contributed by atoms with Crippen LogP contribution >= 0.6 is 24.0 Å². The molecule has 1 fully saturated rings. The summed E-state index contributed by atoms with van der Waals surface area (Å²) in [6.07, 6.45) is 0.932. The molecule has 1 aromatic carbocycles. The van der Waals surface area contributed by atoms with Crippen LogP contribution in [0.3, 0.4) is 0 Å². The van der Waals surface area contributed by atoms with E-state index < -0.39 is 0 Å². The van der Waals surface area contributed by atoms with Crippen molar-refractivity contribution < 1.29 is 9.53 Å². The lowest BCUT2D eigenvalue weighted by molar-refractivity contribution is -0.121. The van der Waals surface area contributed by atoms with Crippen molar-refractivity contribution in [3.8, 4) is 5.75 Å². The normalized spacial score (nSPS) is 15.6. The lowest BCUT2D eigenvalue weighted by Crippen LogP contribution is -2.48. The number of carbonyl (C=O) groups is 1. The van der Waals surface area contributed by atoms with Crippen molar-refractivity contribution in [2.75, 3.05) is 25.0 Å². The maximum atomic E-state index is 12.1. The average Bonchev–Trinajstić information content (AvgIpc) is 2.35. The third kappa shape index (κ3) is 4.77. The van der Waals surface area contributed by atoms with Crippen LogP contribution < -0.4 is 15.4 Å². The summed E-state index contributed by atoms with van der Waals surface area (Å²) in [4.78, 5) is 12.1. The molecule has 0 spiro atoms. The molecule has 1 heterocycles. The Labute approximate surface area is 137 Å². The summed E-state index contributed by atoms with van der Waals surface area (Å²) in [6, 6.07) is 5.35. The van der Waals surface area contributed by atoms with Gasteiger partial charge in [-0.15, -0.1) is 12.4 Å². The second kappa shape index (κ2) is 8.47. The highest BCUT2D eigenvalue weighted by Gasteiger charge is 2.28. The number of ether oxygens (including phenoxy) is 1. The fraction of sp³-hybridized carbons (Fsp3) is 0.533. The lowest BCUT2D eigenvalue weighted by atomic mass is 9.88. The smallest absolute Gasteiger partial charge is 0.227 e. The summed E-state index contributed by atoms with van der Waals surface area (Å²) in [5.41, 5.74) is 0.711. The van der Waals surface area contributed by atoms with Crippen molar-refractivity contribution in [3.63, 3.8) is 0 Å². The van der Waals surface area contributed by atoms with Crippen LogP contribution in [0, 0.1) is 11.8 Å². The zero-order valence-electron chi connectivity index (χ0n) is 12.3. The highest BCUT2D eigenvalue weighted by molar-refractivity contribution is 6.32. The molecule has 1 atom stereocenters. The van der Waals surface area contributed by atoms with Gasteiger partial charge in [0.1, 0.15) is 5.75 Å². The first kappa shape index (κ1) is 18.1. The van der Waals surface area contributed by atoms with Gasteiger partial charge in [-0.3, -0.25) is 4.79 Å². The van der Waals surface area contributed by atoms with Crippen molar-refractivity contribution in [2.24, 2.45) is 11.8 Å². The Kier molecular flexibility index (Phi) is 7.29. The predicted molar refractivity (Wildman–Crippen MR) is 88.6 cm³/mol. The van der Waals surface area contributed by atoms with Crippen LogP contribution in [0.15, 0.2) is 18.2 Å². The lowest BCUT2D eigenvalue weighted by Gasteiger charge is -2.31. The van der Waals surface area contributed by atoms with Crippen LogP contribution in [-0.4, -0.2) is 25.6 Å². The second-order valence-electron chi connectivity index (χ2n) is 5.19. The van der Waals surface area contributed by atoms with Gasteiger partial charge in [0.15, 0.2) is 0 Å². The molecule has 1 aliphatic heterocycles. The van der Waals surface area contributed by atoms with E-state index in [-0.39, 0.29) is 24.2 Å². The molecule has 2 rings (SSSR count). The minimum Gasteiger partial charge on any atom is -0.492 e. The number of benzene rings is 1. The van der Waals surface area contributed by atoms with Gasteiger partial charge in [0.25, 0.3) is 0 Å². The Hall–Kier alpha value is -0.970. The molecule has 1 saturated heterocycles. The Balaban J connectivity index is 0.00000220. The molecule has 0 aromatic heterocycles. The summed E-state index contributed by atoms with van der Waals surface area (Å²) in [6.45, 7) is 6.47. The van der Waals surface area contributed by atoms with E-state index in [9.17, 15) is 4.79 Å². The fourth-order valence-corrected chi connectivity index (χ4v) is 2.28. The van der Waals surface area contributed by atoms with Gasteiger partial charge in [-0.05, 0) is 43.6 Å².